The van der Waals surface area contributed by atoms with Gasteiger partial charge in [-0.05, 0) is 24.3 Å². The van der Waals surface area contributed by atoms with Gasteiger partial charge in [0.2, 0.25) is 0 Å². The molecule has 13 heteroatoms. The van der Waals surface area contributed by atoms with Crippen LogP contribution in [0.15, 0.2) is 49.2 Å². The lowest BCUT2D eigenvalue weighted by atomic mass is 10.1. The van der Waals surface area contributed by atoms with Gasteiger partial charge in [0.15, 0.2) is 0 Å². The van der Waals surface area contributed by atoms with Gasteiger partial charge in [0.1, 0.15) is 17.8 Å². The van der Waals surface area contributed by atoms with Crippen molar-refractivity contribution in [3.05, 3.63) is 66.1 Å². The fourth-order valence-corrected chi connectivity index (χ4v) is 4.60. The molecule has 1 aliphatic heterocycles. The number of carbonyl (C=O) groups is 1. The average Bonchev–Trinajstić information content (AvgIpc) is 3.58. The van der Waals surface area contributed by atoms with Crippen molar-refractivity contribution in [3.63, 3.8) is 0 Å². The average molecular weight is 526 g/mol. The summed E-state index contributed by atoms with van der Waals surface area (Å²) in [4.78, 5) is 28.0. The van der Waals surface area contributed by atoms with Crippen LogP contribution >= 0.6 is 0 Å². The maximum absolute atomic E-state index is 13.9. The highest BCUT2D eigenvalue weighted by molar-refractivity contribution is 5.94. The monoisotopic (exact) mass is 526 g/mol. The SMILES string of the molecule is N#CCC(CN1CCN(C(=O)c2ccc(C(F)(F)F)c(F)c2)CC1)n1cc(-c2ncnc3[nH]ccc23)cn1. The first-order valence-corrected chi connectivity index (χ1v) is 11.8. The number of carbonyl (C=O) groups excluding carboxylic acids is 1. The summed E-state index contributed by atoms with van der Waals surface area (Å²) in [7, 11) is 0. The first kappa shape index (κ1) is 25.3. The Morgan fingerprint density at radius 3 is 2.66 bits per heavy atom. The second-order valence-corrected chi connectivity index (χ2v) is 8.97. The normalized spacial score (nSPS) is 15.5. The molecule has 1 atom stereocenters. The topological polar surface area (TPSA) is 107 Å². The lowest BCUT2D eigenvalue weighted by Gasteiger charge is -2.36. The zero-order valence-corrected chi connectivity index (χ0v) is 20.0. The van der Waals surface area contributed by atoms with E-state index in [9.17, 15) is 27.6 Å². The van der Waals surface area contributed by atoms with Crippen LogP contribution in [0.2, 0.25) is 0 Å². The largest absolute Gasteiger partial charge is 0.419 e. The van der Waals surface area contributed by atoms with Crippen molar-refractivity contribution in [2.75, 3.05) is 32.7 Å². The van der Waals surface area contributed by atoms with Crippen LogP contribution in [0.3, 0.4) is 0 Å². The molecule has 1 N–H and O–H groups in total. The van der Waals surface area contributed by atoms with E-state index in [1.54, 1.807) is 17.1 Å². The van der Waals surface area contributed by atoms with Crippen molar-refractivity contribution in [3.8, 4) is 17.3 Å². The molecular weight excluding hydrogens is 504 g/mol. The molecule has 1 fully saturated rings. The van der Waals surface area contributed by atoms with E-state index in [4.69, 9.17) is 0 Å². The number of fused-ring (bicyclic) bond motifs is 1. The Bertz CT molecular complexity index is 1500. The lowest BCUT2D eigenvalue weighted by Crippen LogP contribution is -2.50. The Labute approximate surface area is 214 Å². The third-order valence-electron chi connectivity index (χ3n) is 6.58. The Hall–Kier alpha value is -4.31. The van der Waals surface area contributed by atoms with Crippen molar-refractivity contribution < 1.29 is 22.4 Å². The van der Waals surface area contributed by atoms with Gasteiger partial charge in [-0.3, -0.25) is 14.4 Å². The number of hydrogen-bond donors (Lipinski definition) is 1. The Balaban J connectivity index is 1.23. The summed E-state index contributed by atoms with van der Waals surface area (Å²) in [5.74, 6) is -2.00. The number of nitriles is 1. The van der Waals surface area contributed by atoms with Crippen LogP contribution in [-0.4, -0.2) is 73.2 Å². The van der Waals surface area contributed by atoms with Gasteiger partial charge in [0.05, 0.1) is 36.0 Å². The molecule has 0 spiro atoms. The second-order valence-electron chi connectivity index (χ2n) is 8.97. The molecule has 0 saturated carbocycles. The van der Waals surface area contributed by atoms with Gasteiger partial charge >= 0.3 is 6.18 Å². The van der Waals surface area contributed by atoms with Crippen LogP contribution in [0, 0.1) is 17.1 Å². The third-order valence-corrected chi connectivity index (χ3v) is 6.58. The predicted octanol–water partition coefficient (Wildman–Crippen LogP) is 3.89. The number of piperazine rings is 1. The van der Waals surface area contributed by atoms with E-state index in [-0.39, 0.29) is 18.0 Å². The molecule has 4 heterocycles. The summed E-state index contributed by atoms with van der Waals surface area (Å²) in [6.45, 7) is 2.12. The van der Waals surface area contributed by atoms with Gasteiger partial charge in [-0.1, -0.05) is 0 Å². The van der Waals surface area contributed by atoms with Crippen LogP contribution in [0.5, 0.6) is 0 Å². The van der Waals surface area contributed by atoms with Crippen molar-refractivity contribution in [1.29, 1.82) is 5.26 Å². The van der Waals surface area contributed by atoms with Crippen molar-refractivity contribution in [2.24, 2.45) is 0 Å². The zero-order chi connectivity index (χ0) is 26.9. The maximum atomic E-state index is 13.9. The minimum Gasteiger partial charge on any atom is -0.346 e. The van der Waals surface area contributed by atoms with Gasteiger partial charge in [-0.25, -0.2) is 14.4 Å². The molecule has 5 rings (SSSR count). The highest BCUT2D eigenvalue weighted by atomic mass is 19.4. The van der Waals surface area contributed by atoms with Crippen molar-refractivity contribution >= 4 is 16.9 Å². The van der Waals surface area contributed by atoms with E-state index in [2.05, 4.69) is 31.0 Å². The number of nitrogens with zero attached hydrogens (tertiary/aromatic N) is 7. The lowest BCUT2D eigenvalue weighted by molar-refractivity contribution is -0.140. The number of alkyl halides is 3. The van der Waals surface area contributed by atoms with E-state index in [0.29, 0.717) is 50.5 Å². The van der Waals surface area contributed by atoms with Crippen LogP contribution in [0.4, 0.5) is 17.6 Å². The number of rotatable bonds is 6. The Morgan fingerprint density at radius 1 is 1.16 bits per heavy atom. The number of nitrogens with one attached hydrogen (secondary N) is 1. The number of amides is 1. The van der Waals surface area contributed by atoms with Gasteiger partial charge in [0, 0.05) is 61.6 Å². The van der Waals surface area contributed by atoms with Crippen LogP contribution in [-0.2, 0) is 6.18 Å². The van der Waals surface area contributed by atoms with Crippen LogP contribution in [0.25, 0.3) is 22.3 Å². The highest BCUT2D eigenvalue weighted by Crippen LogP contribution is 2.32. The highest BCUT2D eigenvalue weighted by Gasteiger charge is 2.34. The number of benzene rings is 1. The number of hydrogen-bond acceptors (Lipinski definition) is 6. The zero-order valence-electron chi connectivity index (χ0n) is 20.0. The smallest absolute Gasteiger partial charge is 0.346 e. The van der Waals surface area contributed by atoms with E-state index in [1.165, 1.54) is 11.2 Å². The number of halogens is 4. The molecule has 4 aromatic rings. The molecule has 1 aliphatic rings. The summed E-state index contributed by atoms with van der Waals surface area (Å²) in [6, 6.07) is 6.06. The summed E-state index contributed by atoms with van der Waals surface area (Å²) >= 11 is 0. The van der Waals surface area contributed by atoms with Gasteiger partial charge < -0.3 is 9.88 Å². The maximum Gasteiger partial charge on any atom is 0.419 e. The van der Waals surface area contributed by atoms with Crippen LogP contribution < -0.4 is 0 Å². The standard InChI is InChI=1S/C25H22F4N8O/c26-21-11-16(1-2-20(21)25(27,28)29)24(38)36-9-7-35(8-10-36)14-18(3-5-30)37-13-17(12-34-37)22-19-4-6-31-23(19)33-15-32-22/h1-2,4,6,11-13,15,18H,3,7-10,14H2,(H,31,32,33). The molecule has 0 radical (unpaired) electrons. The molecule has 0 aliphatic carbocycles. The minimum absolute atomic E-state index is 0.128. The van der Waals surface area contributed by atoms with Crippen LogP contribution in [0.1, 0.15) is 28.4 Å². The molecule has 1 saturated heterocycles. The quantitative estimate of drug-likeness (QED) is 0.382. The first-order chi connectivity index (χ1) is 18.2. The summed E-state index contributed by atoms with van der Waals surface area (Å²) in [5, 5.41) is 14.7. The van der Waals surface area contributed by atoms with E-state index in [0.717, 1.165) is 22.7 Å². The minimum atomic E-state index is -4.82. The van der Waals surface area contributed by atoms with Gasteiger partial charge in [-0.15, -0.1) is 0 Å². The van der Waals surface area contributed by atoms with E-state index >= 15 is 0 Å². The summed E-state index contributed by atoms with van der Waals surface area (Å²) in [5.41, 5.74) is 0.699. The third kappa shape index (κ3) is 5.08. The number of aromatic nitrogens is 5. The van der Waals surface area contributed by atoms with Crippen molar-refractivity contribution in [2.45, 2.75) is 18.6 Å². The number of H-pyrrole nitrogens is 1. The summed E-state index contributed by atoms with van der Waals surface area (Å²) < 4.78 is 54.1. The molecule has 196 valence electrons. The molecule has 9 nitrogen and oxygen atoms in total. The molecule has 1 unspecified atom stereocenters. The summed E-state index contributed by atoms with van der Waals surface area (Å²) in [6.07, 6.45) is 2.18. The Kier molecular flexibility index (Phi) is 6.81. The molecular formula is C25H22F4N8O. The number of aromatic amines is 1. The molecule has 3 aromatic heterocycles. The predicted molar refractivity (Wildman–Crippen MR) is 128 cm³/mol. The molecule has 0 bridgehead atoms. The first-order valence-electron chi connectivity index (χ1n) is 11.8. The Morgan fingerprint density at radius 2 is 1.95 bits per heavy atom. The van der Waals surface area contributed by atoms with Gasteiger partial charge in [-0.2, -0.15) is 23.5 Å². The van der Waals surface area contributed by atoms with Crippen molar-refractivity contribution in [1.82, 2.24) is 34.5 Å². The van der Waals surface area contributed by atoms with E-state index in [1.807, 2.05) is 12.3 Å². The van der Waals surface area contributed by atoms with Gasteiger partial charge in [0.25, 0.3) is 5.91 Å². The molecule has 1 amide bonds. The molecule has 38 heavy (non-hydrogen) atoms. The fraction of sp³-hybridized carbons (Fsp3) is 0.320. The fourth-order valence-electron chi connectivity index (χ4n) is 4.60. The second kappa shape index (κ2) is 10.2. The molecule has 1 aromatic carbocycles. The van der Waals surface area contributed by atoms with E-state index < -0.39 is 23.5 Å².